The highest BCUT2D eigenvalue weighted by atomic mass is 35.5. The minimum absolute atomic E-state index is 0.248. The van der Waals surface area contributed by atoms with Crippen LogP contribution in [0.1, 0.15) is 29.3 Å². The van der Waals surface area contributed by atoms with Crippen molar-refractivity contribution < 1.29 is 14.0 Å². The summed E-state index contributed by atoms with van der Waals surface area (Å²) in [6.07, 6.45) is 4.95. The number of halogens is 3. The molecular weight excluding hydrogens is 364 g/mol. The Bertz CT molecular complexity index is 824. The van der Waals surface area contributed by atoms with Crippen LogP contribution in [0.4, 0.5) is 10.1 Å². The summed E-state index contributed by atoms with van der Waals surface area (Å²) in [5.41, 5.74) is 1.28. The topological polar surface area (TPSA) is 37.4 Å². The van der Waals surface area contributed by atoms with E-state index in [1.54, 1.807) is 24.3 Å². The van der Waals surface area contributed by atoms with Gasteiger partial charge >= 0.3 is 0 Å². The third-order valence-corrected chi connectivity index (χ3v) is 4.08. The maximum atomic E-state index is 13.0. The van der Waals surface area contributed by atoms with Gasteiger partial charge in [-0.1, -0.05) is 29.1 Å². The quantitative estimate of drug-likeness (QED) is 0.331. The minimum Gasteiger partial charge on any atom is -0.294 e. The van der Waals surface area contributed by atoms with E-state index in [1.807, 2.05) is 0 Å². The van der Waals surface area contributed by atoms with Crippen LogP contribution in [0.2, 0.25) is 0 Å². The average molecular weight is 378 g/mol. The van der Waals surface area contributed by atoms with E-state index in [2.05, 4.69) is 5.92 Å². The summed E-state index contributed by atoms with van der Waals surface area (Å²) in [6.45, 7) is 1.29. The van der Waals surface area contributed by atoms with Crippen LogP contribution in [0, 0.1) is 18.2 Å². The number of rotatable bonds is 5. The second-order valence-electron chi connectivity index (χ2n) is 5.32. The van der Waals surface area contributed by atoms with Gasteiger partial charge in [-0.15, -0.1) is 6.42 Å². The lowest BCUT2D eigenvalue weighted by Gasteiger charge is -2.33. The van der Waals surface area contributed by atoms with E-state index in [0.29, 0.717) is 11.3 Å². The number of amides is 1. The number of carbonyl (C=O) groups is 2. The smallest absolute Gasteiger partial charge is 0.226 e. The summed E-state index contributed by atoms with van der Waals surface area (Å²) in [6, 6.07) is 11.5. The van der Waals surface area contributed by atoms with Gasteiger partial charge in [0.25, 0.3) is 0 Å². The lowest BCUT2D eigenvalue weighted by molar-refractivity contribution is -0.116. The number of hydrogen-bond acceptors (Lipinski definition) is 2. The average Bonchev–Trinajstić information content (AvgIpc) is 2.55. The molecule has 1 amide bonds. The highest BCUT2D eigenvalue weighted by Gasteiger charge is 2.38. The molecule has 25 heavy (non-hydrogen) atoms. The van der Waals surface area contributed by atoms with Crippen molar-refractivity contribution in [2.24, 2.45) is 0 Å². The Labute approximate surface area is 155 Å². The van der Waals surface area contributed by atoms with Crippen LogP contribution < -0.4 is 4.90 Å². The van der Waals surface area contributed by atoms with Crippen molar-refractivity contribution in [3.05, 3.63) is 65.5 Å². The lowest BCUT2D eigenvalue weighted by Crippen LogP contribution is -2.44. The molecule has 0 unspecified atom stereocenters. The zero-order chi connectivity index (χ0) is 18.6. The van der Waals surface area contributed by atoms with Gasteiger partial charge in [0, 0.05) is 23.7 Å². The van der Waals surface area contributed by atoms with Crippen molar-refractivity contribution >= 4 is 40.6 Å². The first-order valence-corrected chi connectivity index (χ1v) is 8.04. The van der Waals surface area contributed by atoms with Crippen LogP contribution in [0.25, 0.3) is 0 Å². The highest BCUT2D eigenvalue weighted by molar-refractivity contribution is 6.52. The third kappa shape index (κ3) is 4.60. The fourth-order valence-corrected chi connectivity index (χ4v) is 2.99. The molecule has 0 spiro atoms. The first-order valence-electron chi connectivity index (χ1n) is 7.28. The van der Waals surface area contributed by atoms with Crippen LogP contribution in [0.15, 0.2) is 48.5 Å². The molecule has 0 saturated heterocycles. The van der Waals surface area contributed by atoms with Gasteiger partial charge in [-0.2, -0.15) is 0 Å². The van der Waals surface area contributed by atoms with Crippen molar-refractivity contribution in [1.82, 2.24) is 0 Å². The van der Waals surface area contributed by atoms with Crippen molar-refractivity contribution in [3.8, 4) is 12.3 Å². The maximum Gasteiger partial charge on any atom is 0.226 e. The number of alkyl halides is 2. The fourth-order valence-electron chi connectivity index (χ4n) is 2.32. The molecule has 2 aromatic carbocycles. The van der Waals surface area contributed by atoms with Crippen molar-refractivity contribution in [1.29, 1.82) is 0 Å². The summed E-state index contributed by atoms with van der Waals surface area (Å²) >= 11 is 12.6. The van der Waals surface area contributed by atoms with Gasteiger partial charge < -0.3 is 0 Å². The predicted molar refractivity (Wildman–Crippen MR) is 97.3 cm³/mol. The number of anilines is 1. The van der Waals surface area contributed by atoms with Gasteiger partial charge in [-0.05, 0) is 48.5 Å². The number of hydrogen-bond donors (Lipinski definition) is 0. The number of Topliss-reactive ketones (excluding diaryl/α,β-unsaturated/α-hetero) is 1. The summed E-state index contributed by atoms with van der Waals surface area (Å²) in [7, 11) is 0. The molecule has 2 aromatic rings. The monoisotopic (exact) mass is 377 g/mol. The molecule has 0 heterocycles. The molecule has 0 aliphatic carbocycles. The van der Waals surface area contributed by atoms with Crippen LogP contribution >= 0.6 is 23.2 Å². The Morgan fingerprint density at radius 2 is 1.68 bits per heavy atom. The van der Waals surface area contributed by atoms with E-state index in [4.69, 9.17) is 29.6 Å². The van der Waals surface area contributed by atoms with Crippen LogP contribution in [-0.4, -0.2) is 16.1 Å². The molecule has 0 aliphatic rings. The number of benzene rings is 2. The zero-order valence-corrected chi connectivity index (χ0v) is 14.8. The molecular formula is C19H14Cl2FNO2. The molecule has 2 rings (SSSR count). The standard InChI is InChI=1S/C19H14Cl2FNO2/c1-3-14-4-10-17(11-5-14)23(13(2)24)19(20,21)12-18(25)15-6-8-16(22)9-7-15/h1,4-11H,12H2,2H3. The Kier molecular flexibility index (Phi) is 5.84. The van der Waals surface area contributed by atoms with E-state index in [0.717, 1.165) is 4.90 Å². The SMILES string of the molecule is C#Cc1ccc(N(C(C)=O)C(Cl)(Cl)CC(=O)c2ccc(F)cc2)cc1. The summed E-state index contributed by atoms with van der Waals surface area (Å²) in [4.78, 5) is 25.5. The largest absolute Gasteiger partial charge is 0.294 e. The Morgan fingerprint density at radius 3 is 2.16 bits per heavy atom. The first kappa shape index (κ1) is 19.0. The third-order valence-electron chi connectivity index (χ3n) is 3.47. The summed E-state index contributed by atoms with van der Waals surface area (Å²) < 4.78 is 11.2. The van der Waals surface area contributed by atoms with Crippen molar-refractivity contribution in [3.63, 3.8) is 0 Å². The number of terminal acetylenes is 1. The van der Waals surface area contributed by atoms with E-state index in [1.165, 1.54) is 31.2 Å². The molecule has 0 bridgehead atoms. The lowest BCUT2D eigenvalue weighted by atomic mass is 10.1. The van der Waals surface area contributed by atoms with E-state index in [9.17, 15) is 14.0 Å². The van der Waals surface area contributed by atoms with Crippen LogP contribution in [0.3, 0.4) is 0 Å². The zero-order valence-electron chi connectivity index (χ0n) is 13.3. The molecule has 0 N–H and O–H groups in total. The van der Waals surface area contributed by atoms with Crippen LogP contribution in [0.5, 0.6) is 0 Å². The highest BCUT2D eigenvalue weighted by Crippen LogP contribution is 2.36. The van der Waals surface area contributed by atoms with Gasteiger partial charge in [0.1, 0.15) is 5.82 Å². The van der Waals surface area contributed by atoms with Gasteiger partial charge in [0.15, 0.2) is 5.78 Å². The molecule has 0 radical (unpaired) electrons. The van der Waals surface area contributed by atoms with E-state index >= 15 is 0 Å². The number of nitrogens with zero attached hydrogens (tertiary/aromatic N) is 1. The number of ketones is 1. The van der Waals surface area contributed by atoms with E-state index < -0.39 is 22.0 Å². The normalized spacial score (nSPS) is 10.8. The second kappa shape index (κ2) is 7.69. The molecule has 128 valence electrons. The maximum absolute atomic E-state index is 13.0. The minimum atomic E-state index is -1.81. The molecule has 0 fully saturated rings. The van der Waals surface area contributed by atoms with Gasteiger partial charge in [0.05, 0.1) is 6.42 Å². The van der Waals surface area contributed by atoms with Gasteiger partial charge in [-0.3, -0.25) is 14.5 Å². The van der Waals surface area contributed by atoms with Crippen molar-refractivity contribution in [2.45, 2.75) is 17.8 Å². The number of carbonyl (C=O) groups excluding carboxylic acids is 2. The van der Waals surface area contributed by atoms with Gasteiger partial charge in [0.2, 0.25) is 10.4 Å². The summed E-state index contributed by atoms with van der Waals surface area (Å²) in [5.74, 6) is 1.15. The summed E-state index contributed by atoms with van der Waals surface area (Å²) in [5, 5.41) is 0. The predicted octanol–water partition coefficient (Wildman–Crippen LogP) is 4.56. The Hall–Kier alpha value is -2.35. The van der Waals surface area contributed by atoms with Crippen LogP contribution in [-0.2, 0) is 4.79 Å². The molecule has 0 atom stereocenters. The first-order chi connectivity index (χ1) is 11.7. The fraction of sp³-hybridized carbons (Fsp3) is 0.158. The van der Waals surface area contributed by atoms with Gasteiger partial charge in [-0.25, -0.2) is 4.39 Å². The molecule has 0 aliphatic heterocycles. The molecule has 3 nitrogen and oxygen atoms in total. The Morgan fingerprint density at radius 1 is 1.12 bits per heavy atom. The van der Waals surface area contributed by atoms with E-state index in [-0.39, 0.29) is 12.0 Å². The molecule has 6 heteroatoms. The second-order valence-corrected chi connectivity index (χ2v) is 6.76. The Balaban J connectivity index is 2.29. The van der Waals surface area contributed by atoms with Crippen molar-refractivity contribution in [2.75, 3.05) is 4.90 Å². The molecule has 0 aromatic heterocycles. The molecule has 0 saturated carbocycles.